The molecule has 1 N–H and O–H groups in total. The van der Waals surface area contributed by atoms with Crippen molar-refractivity contribution in [1.82, 2.24) is 9.21 Å². The van der Waals surface area contributed by atoms with Gasteiger partial charge in [0.25, 0.3) is 0 Å². The summed E-state index contributed by atoms with van der Waals surface area (Å²) in [4.78, 5) is 14.9. The number of ether oxygens (including phenoxy) is 1. The highest BCUT2D eigenvalue weighted by Crippen LogP contribution is 2.30. The van der Waals surface area contributed by atoms with Gasteiger partial charge in [0.2, 0.25) is 10.0 Å². The molecule has 8 heteroatoms. The smallest absolute Gasteiger partial charge is 0.322 e. The Kier molecular flexibility index (Phi) is 5.39. The first-order chi connectivity index (χ1) is 13.0. The van der Waals surface area contributed by atoms with Gasteiger partial charge >= 0.3 is 6.03 Å². The van der Waals surface area contributed by atoms with E-state index >= 15 is 0 Å². The van der Waals surface area contributed by atoms with E-state index in [4.69, 9.17) is 4.74 Å². The molecule has 148 valence electrons. The summed E-state index contributed by atoms with van der Waals surface area (Å²) in [5.41, 5.74) is 0.619. The fraction of sp³-hybridized carbons (Fsp3) is 0.632. The predicted octanol–water partition coefficient (Wildman–Crippen LogP) is 2.50. The van der Waals surface area contributed by atoms with Gasteiger partial charge in [-0.05, 0) is 56.4 Å². The molecule has 2 saturated heterocycles. The first-order valence-corrected chi connectivity index (χ1v) is 11.2. The fourth-order valence-electron chi connectivity index (χ4n) is 3.77. The van der Waals surface area contributed by atoms with E-state index in [-0.39, 0.29) is 10.9 Å². The van der Waals surface area contributed by atoms with E-state index in [0.29, 0.717) is 30.7 Å². The van der Waals surface area contributed by atoms with Gasteiger partial charge in [0.05, 0.1) is 11.5 Å². The van der Waals surface area contributed by atoms with Crippen molar-refractivity contribution in [3.63, 3.8) is 0 Å². The second kappa shape index (κ2) is 7.77. The number of hydrogen-bond donors (Lipinski definition) is 1. The molecule has 1 atom stereocenters. The number of hydrogen-bond acceptors (Lipinski definition) is 4. The normalized spacial score (nSPS) is 23.5. The average molecular weight is 394 g/mol. The highest BCUT2D eigenvalue weighted by molar-refractivity contribution is 7.89. The molecule has 0 aromatic heterocycles. The zero-order valence-corrected chi connectivity index (χ0v) is 16.3. The second-order valence-corrected chi connectivity index (χ2v) is 9.62. The molecule has 0 spiro atoms. The van der Waals surface area contributed by atoms with Gasteiger partial charge in [-0.15, -0.1) is 0 Å². The van der Waals surface area contributed by atoms with Crippen molar-refractivity contribution < 1.29 is 17.9 Å². The summed E-state index contributed by atoms with van der Waals surface area (Å²) in [6.45, 7) is 3.39. The molecule has 4 rings (SSSR count). The van der Waals surface area contributed by atoms with Gasteiger partial charge < -0.3 is 15.0 Å². The number of sulfonamides is 1. The summed E-state index contributed by atoms with van der Waals surface area (Å²) in [5.74, 6) is 0.407. The lowest BCUT2D eigenvalue weighted by Gasteiger charge is -2.25. The first kappa shape index (κ1) is 18.7. The zero-order chi connectivity index (χ0) is 18.9. The third-order valence-corrected chi connectivity index (χ3v) is 7.45. The van der Waals surface area contributed by atoms with E-state index in [1.807, 2.05) is 4.90 Å². The summed E-state index contributed by atoms with van der Waals surface area (Å²) in [5, 5.41) is 2.92. The zero-order valence-electron chi connectivity index (χ0n) is 15.5. The number of nitrogens with one attached hydrogen (secondary N) is 1. The van der Waals surface area contributed by atoms with Crippen LogP contribution in [-0.4, -0.2) is 62.5 Å². The monoisotopic (exact) mass is 393 g/mol. The van der Waals surface area contributed by atoms with Crippen molar-refractivity contribution in [2.24, 2.45) is 5.92 Å². The van der Waals surface area contributed by atoms with Crippen LogP contribution in [0.15, 0.2) is 29.2 Å². The van der Waals surface area contributed by atoms with Crippen LogP contribution in [0, 0.1) is 5.92 Å². The maximum atomic E-state index is 12.7. The third-order valence-electron chi connectivity index (χ3n) is 5.54. The molecule has 0 bridgehead atoms. The van der Waals surface area contributed by atoms with Crippen LogP contribution < -0.4 is 5.32 Å². The minimum atomic E-state index is -3.42. The van der Waals surface area contributed by atoms with Gasteiger partial charge in [0.15, 0.2) is 0 Å². The Balaban J connectivity index is 1.40. The van der Waals surface area contributed by atoms with Crippen LogP contribution in [0.4, 0.5) is 10.5 Å². The van der Waals surface area contributed by atoms with Crippen molar-refractivity contribution in [2.75, 3.05) is 38.2 Å². The van der Waals surface area contributed by atoms with Crippen LogP contribution in [0.3, 0.4) is 0 Å². The number of nitrogens with zero attached hydrogens (tertiary/aromatic N) is 2. The minimum Gasteiger partial charge on any atom is -0.381 e. The van der Waals surface area contributed by atoms with E-state index in [1.165, 1.54) is 4.31 Å². The standard InChI is InChI=1S/C19H27N3O4S/c23-19(22(17-5-6-17)13-15-9-12-26-14-15)20-16-3-7-18(8-4-16)27(24,25)21-10-1-2-11-21/h3-4,7-8,15,17H,1-2,5-6,9-14H2,(H,20,23)/t15-/m1/s1. The Bertz CT molecular complexity index is 765. The summed E-state index contributed by atoms with van der Waals surface area (Å²) in [7, 11) is -3.42. The molecule has 2 heterocycles. The summed E-state index contributed by atoms with van der Waals surface area (Å²) in [6, 6.07) is 6.71. The number of benzene rings is 1. The van der Waals surface area contributed by atoms with Gasteiger partial charge in [-0.2, -0.15) is 4.31 Å². The lowest BCUT2D eigenvalue weighted by atomic mass is 10.1. The van der Waals surface area contributed by atoms with E-state index in [1.54, 1.807) is 24.3 Å². The summed E-state index contributed by atoms with van der Waals surface area (Å²) < 4.78 is 32.1. The van der Waals surface area contributed by atoms with Crippen LogP contribution in [0.2, 0.25) is 0 Å². The van der Waals surface area contributed by atoms with Crippen LogP contribution in [0.1, 0.15) is 32.1 Å². The molecule has 0 radical (unpaired) electrons. The molecule has 0 unspecified atom stereocenters. The Hall–Kier alpha value is -1.64. The van der Waals surface area contributed by atoms with Crippen LogP contribution in [0.5, 0.6) is 0 Å². The topological polar surface area (TPSA) is 79.0 Å². The van der Waals surface area contributed by atoms with E-state index < -0.39 is 10.0 Å². The Morgan fingerprint density at radius 2 is 1.85 bits per heavy atom. The Morgan fingerprint density at radius 3 is 2.44 bits per heavy atom. The van der Waals surface area contributed by atoms with Crippen LogP contribution >= 0.6 is 0 Å². The highest BCUT2D eigenvalue weighted by atomic mass is 32.2. The van der Waals surface area contributed by atoms with Gasteiger partial charge in [-0.1, -0.05) is 0 Å². The van der Waals surface area contributed by atoms with Crippen molar-refractivity contribution in [1.29, 1.82) is 0 Å². The summed E-state index contributed by atoms with van der Waals surface area (Å²) in [6.07, 6.45) is 4.92. The van der Waals surface area contributed by atoms with E-state index in [0.717, 1.165) is 51.9 Å². The van der Waals surface area contributed by atoms with E-state index in [9.17, 15) is 13.2 Å². The molecule has 2 aliphatic heterocycles. The largest absolute Gasteiger partial charge is 0.381 e. The first-order valence-electron chi connectivity index (χ1n) is 9.79. The third kappa shape index (κ3) is 4.28. The van der Waals surface area contributed by atoms with Crippen molar-refractivity contribution in [3.05, 3.63) is 24.3 Å². The number of anilines is 1. The maximum Gasteiger partial charge on any atom is 0.322 e. The lowest BCUT2D eigenvalue weighted by molar-refractivity contribution is 0.167. The minimum absolute atomic E-state index is 0.112. The average Bonchev–Trinajstić information content (AvgIpc) is 3.13. The van der Waals surface area contributed by atoms with Crippen molar-refractivity contribution in [3.8, 4) is 0 Å². The molecule has 2 amide bonds. The molecule has 7 nitrogen and oxygen atoms in total. The molecule has 27 heavy (non-hydrogen) atoms. The molecule has 1 aliphatic carbocycles. The number of amides is 2. The van der Waals surface area contributed by atoms with Gasteiger partial charge in [-0.25, -0.2) is 13.2 Å². The second-order valence-electron chi connectivity index (χ2n) is 7.68. The number of carbonyl (C=O) groups excluding carboxylic acids is 1. The SMILES string of the molecule is O=C(Nc1ccc(S(=O)(=O)N2CCCC2)cc1)N(C[C@H]1CCOC1)C1CC1. The molecule has 1 aromatic rings. The van der Waals surface area contributed by atoms with E-state index in [2.05, 4.69) is 5.32 Å². The molecule has 3 fully saturated rings. The molecule has 3 aliphatic rings. The highest BCUT2D eigenvalue weighted by Gasteiger charge is 2.35. The van der Waals surface area contributed by atoms with Gasteiger partial charge in [-0.3, -0.25) is 0 Å². The van der Waals surface area contributed by atoms with Crippen molar-refractivity contribution in [2.45, 2.75) is 43.0 Å². The number of urea groups is 1. The van der Waals surface area contributed by atoms with Gasteiger partial charge in [0, 0.05) is 43.9 Å². The molecular weight excluding hydrogens is 366 g/mol. The quantitative estimate of drug-likeness (QED) is 0.805. The molecular formula is C19H27N3O4S. The number of rotatable bonds is 6. The van der Waals surface area contributed by atoms with Gasteiger partial charge in [0.1, 0.15) is 0 Å². The lowest BCUT2D eigenvalue weighted by Crippen LogP contribution is -2.40. The van der Waals surface area contributed by atoms with Crippen LogP contribution in [0.25, 0.3) is 0 Å². The van der Waals surface area contributed by atoms with Crippen molar-refractivity contribution >= 4 is 21.7 Å². The molecule has 1 saturated carbocycles. The molecule has 1 aromatic carbocycles. The maximum absolute atomic E-state index is 12.7. The Morgan fingerprint density at radius 1 is 1.15 bits per heavy atom. The van der Waals surface area contributed by atoms with Crippen LogP contribution in [-0.2, 0) is 14.8 Å². The number of carbonyl (C=O) groups is 1. The predicted molar refractivity (Wildman–Crippen MR) is 102 cm³/mol. The summed E-state index contributed by atoms with van der Waals surface area (Å²) >= 11 is 0. The fourth-order valence-corrected chi connectivity index (χ4v) is 5.29. The Labute approximate surface area is 160 Å².